The van der Waals surface area contributed by atoms with Gasteiger partial charge in [-0.2, -0.15) is 0 Å². The van der Waals surface area contributed by atoms with Crippen LogP contribution in [0.5, 0.6) is 0 Å². The Balaban J connectivity index is 3.09. The molecule has 1 heterocycles. The van der Waals surface area contributed by atoms with Crippen LogP contribution in [0.3, 0.4) is 0 Å². The van der Waals surface area contributed by atoms with E-state index in [9.17, 15) is 19.2 Å². The number of rotatable bonds is 4. The number of hydrogen-bond acceptors (Lipinski definition) is 4. The maximum Gasteiger partial charge on any atom is 0.328 e. The minimum atomic E-state index is -1.19. The van der Waals surface area contributed by atoms with Crippen molar-refractivity contribution in [2.75, 3.05) is 0 Å². The molecule has 0 spiro atoms. The summed E-state index contributed by atoms with van der Waals surface area (Å²) in [6.45, 7) is 3.26. The van der Waals surface area contributed by atoms with Gasteiger partial charge in [-0.3, -0.25) is 14.2 Å². The van der Waals surface area contributed by atoms with Crippen LogP contribution in [0.4, 0.5) is 0 Å². The fraction of sp³-hybridized carbons (Fsp3) is 0.455. The Morgan fingerprint density at radius 2 is 1.95 bits per heavy atom. The van der Waals surface area contributed by atoms with Crippen LogP contribution in [-0.4, -0.2) is 32.6 Å². The molecular weight excluding hydrogens is 254 g/mol. The van der Waals surface area contributed by atoms with E-state index in [4.69, 9.17) is 5.11 Å². The zero-order chi connectivity index (χ0) is 14.7. The number of aromatic amines is 1. The molecule has 19 heavy (non-hydrogen) atoms. The highest BCUT2D eigenvalue weighted by Crippen LogP contribution is 2.02. The first-order valence-electron chi connectivity index (χ1n) is 5.58. The first kappa shape index (κ1) is 14.7. The van der Waals surface area contributed by atoms with Gasteiger partial charge < -0.3 is 15.4 Å². The molecule has 0 radical (unpaired) electrons. The standard InChI is InChI=1S/C11H15N3O5/c1-5(2)7(10(17)18)13-8(15)6-4-12-11(19)14(3)9(6)16/h4-5,7H,1-3H3,(H,12,19)(H,13,15)(H,17,18)/t7-/m0/s1. The van der Waals surface area contributed by atoms with Crippen LogP contribution in [0.2, 0.25) is 0 Å². The fourth-order valence-corrected chi connectivity index (χ4v) is 1.46. The zero-order valence-corrected chi connectivity index (χ0v) is 10.8. The number of carbonyl (C=O) groups excluding carboxylic acids is 1. The van der Waals surface area contributed by atoms with Gasteiger partial charge in [0.05, 0.1) is 0 Å². The monoisotopic (exact) mass is 269 g/mol. The molecule has 0 saturated heterocycles. The summed E-state index contributed by atoms with van der Waals surface area (Å²) in [5, 5.41) is 11.2. The molecule has 0 saturated carbocycles. The predicted molar refractivity (Wildman–Crippen MR) is 66.0 cm³/mol. The van der Waals surface area contributed by atoms with Crippen LogP contribution < -0.4 is 16.6 Å². The molecule has 0 aliphatic rings. The van der Waals surface area contributed by atoms with Crippen LogP contribution in [0.25, 0.3) is 0 Å². The van der Waals surface area contributed by atoms with Gasteiger partial charge in [0, 0.05) is 13.2 Å². The first-order valence-corrected chi connectivity index (χ1v) is 5.58. The number of aromatic nitrogens is 2. The van der Waals surface area contributed by atoms with E-state index in [1.54, 1.807) is 13.8 Å². The van der Waals surface area contributed by atoms with Crippen LogP contribution in [-0.2, 0) is 11.8 Å². The highest BCUT2D eigenvalue weighted by Gasteiger charge is 2.25. The lowest BCUT2D eigenvalue weighted by Crippen LogP contribution is -2.47. The van der Waals surface area contributed by atoms with Crippen molar-refractivity contribution in [3.8, 4) is 0 Å². The topological polar surface area (TPSA) is 121 Å². The Bertz CT molecular complexity index is 613. The molecule has 0 unspecified atom stereocenters. The number of hydrogen-bond donors (Lipinski definition) is 3. The lowest BCUT2D eigenvalue weighted by atomic mass is 10.0. The summed E-state index contributed by atoms with van der Waals surface area (Å²) in [5.74, 6) is -2.37. The Labute approximate surface area is 108 Å². The maximum absolute atomic E-state index is 11.8. The molecule has 1 aromatic heterocycles. The smallest absolute Gasteiger partial charge is 0.328 e. The van der Waals surface area contributed by atoms with E-state index in [-0.39, 0.29) is 11.5 Å². The van der Waals surface area contributed by atoms with Gasteiger partial charge in [-0.25, -0.2) is 9.59 Å². The zero-order valence-electron chi connectivity index (χ0n) is 10.8. The molecule has 8 nitrogen and oxygen atoms in total. The molecule has 1 rings (SSSR count). The minimum absolute atomic E-state index is 0.311. The third kappa shape index (κ3) is 3.09. The largest absolute Gasteiger partial charge is 0.480 e. The molecule has 0 aliphatic heterocycles. The van der Waals surface area contributed by atoms with Gasteiger partial charge in [0.1, 0.15) is 11.6 Å². The highest BCUT2D eigenvalue weighted by molar-refractivity contribution is 5.96. The van der Waals surface area contributed by atoms with Crippen LogP contribution in [0.15, 0.2) is 15.8 Å². The number of carbonyl (C=O) groups is 2. The lowest BCUT2D eigenvalue weighted by molar-refractivity contribution is -0.140. The van der Waals surface area contributed by atoms with E-state index in [0.29, 0.717) is 0 Å². The SMILES string of the molecule is CC(C)[C@H](NC(=O)c1c[nH]c(=O)n(C)c1=O)C(=O)O. The molecule has 0 bridgehead atoms. The molecule has 1 amide bonds. The van der Waals surface area contributed by atoms with Crippen LogP contribution >= 0.6 is 0 Å². The fourth-order valence-electron chi connectivity index (χ4n) is 1.46. The van der Waals surface area contributed by atoms with Gasteiger partial charge in [-0.15, -0.1) is 0 Å². The Kier molecular flexibility index (Phi) is 4.26. The minimum Gasteiger partial charge on any atom is -0.480 e. The van der Waals surface area contributed by atoms with Gasteiger partial charge in [-0.05, 0) is 5.92 Å². The number of carboxylic acid groups (broad SMARTS) is 1. The van der Waals surface area contributed by atoms with Gasteiger partial charge >= 0.3 is 11.7 Å². The Morgan fingerprint density at radius 3 is 2.42 bits per heavy atom. The van der Waals surface area contributed by atoms with Crippen molar-refractivity contribution in [3.63, 3.8) is 0 Å². The third-order valence-corrected chi connectivity index (χ3v) is 2.64. The summed E-state index contributed by atoms with van der Waals surface area (Å²) in [4.78, 5) is 47.8. The average Bonchev–Trinajstić information content (AvgIpc) is 2.32. The summed E-state index contributed by atoms with van der Waals surface area (Å²) in [7, 11) is 1.22. The summed E-state index contributed by atoms with van der Waals surface area (Å²) >= 11 is 0. The Morgan fingerprint density at radius 1 is 1.37 bits per heavy atom. The summed E-state index contributed by atoms with van der Waals surface area (Å²) < 4.78 is 0.736. The van der Waals surface area contributed by atoms with Gasteiger partial charge in [0.2, 0.25) is 0 Å². The maximum atomic E-state index is 11.8. The van der Waals surface area contributed by atoms with E-state index in [2.05, 4.69) is 10.3 Å². The third-order valence-electron chi connectivity index (χ3n) is 2.64. The molecule has 1 aromatic rings. The molecular formula is C11H15N3O5. The second kappa shape index (κ2) is 5.51. The van der Waals surface area contributed by atoms with Crippen molar-refractivity contribution in [1.29, 1.82) is 0 Å². The molecule has 3 N–H and O–H groups in total. The predicted octanol–water partition coefficient (Wildman–Crippen LogP) is -1.09. The molecule has 104 valence electrons. The van der Waals surface area contributed by atoms with E-state index < -0.39 is 29.2 Å². The van der Waals surface area contributed by atoms with Crippen molar-refractivity contribution in [2.24, 2.45) is 13.0 Å². The number of H-pyrrole nitrogens is 1. The quantitative estimate of drug-likeness (QED) is 0.641. The van der Waals surface area contributed by atoms with E-state index >= 15 is 0 Å². The average molecular weight is 269 g/mol. The van der Waals surface area contributed by atoms with Crippen molar-refractivity contribution < 1.29 is 14.7 Å². The molecule has 1 atom stereocenters. The van der Waals surface area contributed by atoms with E-state index in [1.165, 1.54) is 7.05 Å². The highest BCUT2D eigenvalue weighted by atomic mass is 16.4. The van der Waals surface area contributed by atoms with Gasteiger partial charge in [-0.1, -0.05) is 13.8 Å². The van der Waals surface area contributed by atoms with Crippen molar-refractivity contribution in [3.05, 3.63) is 32.6 Å². The molecule has 0 fully saturated rings. The number of amides is 1. The summed E-state index contributed by atoms with van der Waals surface area (Å²) in [5.41, 5.74) is -1.75. The van der Waals surface area contributed by atoms with Gasteiger partial charge in [0.25, 0.3) is 11.5 Å². The number of nitrogens with one attached hydrogen (secondary N) is 2. The molecule has 0 aromatic carbocycles. The van der Waals surface area contributed by atoms with Crippen LogP contribution in [0.1, 0.15) is 24.2 Å². The molecule has 8 heteroatoms. The Hall–Kier alpha value is -2.38. The van der Waals surface area contributed by atoms with Crippen molar-refractivity contribution in [1.82, 2.24) is 14.9 Å². The molecule has 0 aliphatic carbocycles. The number of nitrogens with zero attached hydrogens (tertiary/aromatic N) is 1. The van der Waals surface area contributed by atoms with Crippen molar-refractivity contribution in [2.45, 2.75) is 19.9 Å². The summed E-state index contributed by atoms with van der Waals surface area (Å²) in [6.07, 6.45) is 0.971. The second-order valence-corrected chi connectivity index (χ2v) is 4.41. The number of carboxylic acids is 1. The van der Waals surface area contributed by atoms with Crippen molar-refractivity contribution >= 4 is 11.9 Å². The lowest BCUT2D eigenvalue weighted by Gasteiger charge is -2.17. The van der Waals surface area contributed by atoms with Gasteiger partial charge in [0.15, 0.2) is 0 Å². The van der Waals surface area contributed by atoms with Crippen LogP contribution in [0, 0.1) is 5.92 Å². The van der Waals surface area contributed by atoms with E-state index in [1.807, 2.05) is 0 Å². The number of aliphatic carboxylic acids is 1. The van der Waals surface area contributed by atoms with E-state index in [0.717, 1.165) is 10.8 Å². The first-order chi connectivity index (χ1) is 8.75. The second-order valence-electron chi connectivity index (χ2n) is 4.41. The normalized spacial score (nSPS) is 12.2. The summed E-state index contributed by atoms with van der Waals surface area (Å²) in [6, 6.07) is -1.11.